The lowest BCUT2D eigenvalue weighted by molar-refractivity contribution is -0.136. The lowest BCUT2D eigenvalue weighted by Gasteiger charge is -2.10. The molecule has 2 rings (SSSR count). The molecule has 1 aromatic carbocycles. The summed E-state index contributed by atoms with van der Waals surface area (Å²) in [6, 6.07) is 7.79. The second-order valence-corrected chi connectivity index (χ2v) is 4.98. The molecule has 0 atom stereocenters. The minimum absolute atomic E-state index is 0.0103. The van der Waals surface area contributed by atoms with Gasteiger partial charge in [0.2, 0.25) is 0 Å². The summed E-state index contributed by atoms with van der Waals surface area (Å²) in [6.45, 7) is 0.0391. The summed E-state index contributed by atoms with van der Waals surface area (Å²) >= 11 is 0. The Morgan fingerprint density at radius 1 is 1.24 bits per heavy atom. The van der Waals surface area contributed by atoms with Crippen LogP contribution < -0.4 is 14.8 Å². The third kappa shape index (κ3) is 5.10. The van der Waals surface area contributed by atoms with Crippen LogP contribution in [0.1, 0.15) is 33.1 Å². The number of carbonyl (C=O) groups excluding carboxylic acids is 2. The number of benzene rings is 1. The molecule has 1 aromatic heterocycles. The second kappa shape index (κ2) is 8.53. The second-order valence-electron chi connectivity index (χ2n) is 4.98. The summed E-state index contributed by atoms with van der Waals surface area (Å²) in [7, 11) is 1.48. The van der Waals surface area contributed by atoms with Gasteiger partial charge in [-0.15, -0.1) is 0 Å². The van der Waals surface area contributed by atoms with Crippen LogP contribution >= 0.6 is 0 Å². The van der Waals surface area contributed by atoms with Crippen LogP contribution in [0.25, 0.3) is 0 Å². The Kier molecular flexibility index (Phi) is 6.16. The molecule has 1 amide bonds. The zero-order chi connectivity index (χ0) is 18.2. The topological polar surface area (TPSA) is 115 Å². The Morgan fingerprint density at radius 2 is 2.04 bits per heavy atom. The van der Waals surface area contributed by atoms with Crippen molar-refractivity contribution in [3.8, 4) is 11.5 Å². The standard InChI is InChI=1S/C17H17NO7/c1-23-13-4-2-11(9-19)8-15(13)24-10-12-3-5-14(25-12)17(22)18-7-6-16(20)21/h2-5,8-9H,6-7,10H2,1H3,(H,18,22)(H,20,21). The summed E-state index contributed by atoms with van der Waals surface area (Å²) in [5.41, 5.74) is 0.439. The van der Waals surface area contributed by atoms with E-state index in [1.165, 1.54) is 19.2 Å². The average Bonchev–Trinajstić information content (AvgIpc) is 3.08. The molecule has 8 heteroatoms. The molecule has 0 saturated heterocycles. The Hall–Kier alpha value is -3.29. The van der Waals surface area contributed by atoms with Gasteiger partial charge in [0.15, 0.2) is 17.3 Å². The first-order chi connectivity index (χ1) is 12.0. The number of aliphatic carboxylic acids is 1. The van der Waals surface area contributed by atoms with Gasteiger partial charge >= 0.3 is 5.97 Å². The van der Waals surface area contributed by atoms with Crippen LogP contribution in [0.5, 0.6) is 11.5 Å². The molecule has 0 spiro atoms. The first-order valence-corrected chi connectivity index (χ1v) is 7.38. The van der Waals surface area contributed by atoms with Gasteiger partial charge in [-0.05, 0) is 30.3 Å². The molecule has 0 aliphatic carbocycles. The predicted octanol–water partition coefficient (Wildman–Crippen LogP) is 1.88. The molecule has 2 aromatic rings. The first kappa shape index (κ1) is 18.1. The molecule has 25 heavy (non-hydrogen) atoms. The van der Waals surface area contributed by atoms with Crippen molar-refractivity contribution >= 4 is 18.2 Å². The highest BCUT2D eigenvalue weighted by Gasteiger charge is 2.13. The van der Waals surface area contributed by atoms with Gasteiger partial charge < -0.3 is 24.3 Å². The van der Waals surface area contributed by atoms with Gasteiger partial charge in [0.05, 0.1) is 13.5 Å². The average molecular weight is 347 g/mol. The number of nitrogens with one attached hydrogen (secondary N) is 1. The molecule has 0 bridgehead atoms. The molecule has 8 nitrogen and oxygen atoms in total. The van der Waals surface area contributed by atoms with Crippen LogP contribution in [-0.4, -0.2) is 36.9 Å². The van der Waals surface area contributed by atoms with Crippen LogP contribution in [0.3, 0.4) is 0 Å². The van der Waals surface area contributed by atoms with Gasteiger partial charge in [-0.2, -0.15) is 0 Å². The molecule has 0 unspecified atom stereocenters. The van der Waals surface area contributed by atoms with Gasteiger partial charge in [-0.3, -0.25) is 14.4 Å². The number of furan rings is 1. The summed E-state index contributed by atoms with van der Waals surface area (Å²) in [6.07, 6.45) is 0.522. The number of hydrogen-bond donors (Lipinski definition) is 2. The predicted molar refractivity (Wildman–Crippen MR) is 86.0 cm³/mol. The summed E-state index contributed by atoms with van der Waals surface area (Å²) < 4.78 is 16.1. The van der Waals surface area contributed by atoms with Crippen molar-refractivity contribution in [3.05, 3.63) is 47.4 Å². The maximum absolute atomic E-state index is 11.8. The van der Waals surface area contributed by atoms with Crippen molar-refractivity contribution in [2.45, 2.75) is 13.0 Å². The fourth-order valence-corrected chi connectivity index (χ4v) is 1.98. The Balaban J connectivity index is 1.96. The van der Waals surface area contributed by atoms with Crippen molar-refractivity contribution < 1.29 is 33.4 Å². The van der Waals surface area contributed by atoms with E-state index < -0.39 is 11.9 Å². The molecule has 132 valence electrons. The maximum atomic E-state index is 11.8. The monoisotopic (exact) mass is 347 g/mol. The zero-order valence-electron chi connectivity index (χ0n) is 13.5. The third-order valence-corrected chi connectivity index (χ3v) is 3.20. The van der Waals surface area contributed by atoms with Crippen LogP contribution in [-0.2, 0) is 11.4 Å². The molecule has 0 aliphatic heterocycles. The summed E-state index contributed by atoms with van der Waals surface area (Å²) in [5.74, 6) is -0.229. The van der Waals surface area contributed by atoms with E-state index in [0.717, 1.165) is 0 Å². The highest BCUT2D eigenvalue weighted by Crippen LogP contribution is 2.28. The normalized spacial score (nSPS) is 10.1. The Labute approximate surface area is 143 Å². The van der Waals surface area contributed by atoms with Gasteiger partial charge in [0.1, 0.15) is 18.7 Å². The molecule has 0 aliphatic rings. The molecule has 2 N–H and O–H groups in total. The number of carboxylic acids is 1. The molecular formula is C17H17NO7. The van der Waals surface area contributed by atoms with E-state index >= 15 is 0 Å². The molecule has 1 heterocycles. The fraction of sp³-hybridized carbons (Fsp3) is 0.235. The molecule has 0 saturated carbocycles. The highest BCUT2D eigenvalue weighted by atomic mass is 16.5. The Morgan fingerprint density at radius 3 is 2.72 bits per heavy atom. The zero-order valence-corrected chi connectivity index (χ0v) is 13.5. The minimum atomic E-state index is -1.000. The molecule has 0 radical (unpaired) electrons. The van der Waals surface area contributed by atoms with E-state index in [9.17, 15) is 14.4 Å². The lowest BCUT2D eigenvalue weighted by atomic mass is 10.2. The first-order valence-electron chi connectivity index (χ1n) is 7.38. The lowest BCUT2D eigenvalue weighted by Crippen LogP contribution is -2.25. The van der Waals surface area contributed by atoms with Gasteiger partial charge in [0, 0.05) is 12.1 Å². The third-order valence-electron chi connectivity index (χ3n) is 3.20. The summed E-state index contributed by atoms with van der Waals surface area (Å²) in [5, 5.41) is 11.0. The van der Waals surface area contributed by atoms with E-state index in [1.807, 2.05) is 0 Å². The van der Waals surface area contributed by atoms with Crippen LogP contribution in [0.2, 0.25) is 0 Å². The van der Waals surface area contributed by atoms with Crippen LogP contribution in [0.15, 0.2) is 34.7 Å². The SMILES string of the molecule is COc1ccc(C=O)cc1OCc1ccc(C(=O)NCCC(=O)O)o1. The fourth-order valence-electron chi connectivity index (χ4n) is 1.98. The van der Waals surface area contributed by atoms with E-state index in [1.54, 1.807) is 18.2 Å². The largest absolute Gasteiger partial charge is 0.493 e. The van der Waals surface area contributed by atoms with Crippen molar-refractivity contribution in [3.63, 3.8) is 0 Å². The number of aldehydes is 1. The Bertz CT molecular complexity index is 766. The smallest absolute Gasteiger partial charge is 0.305 e. The number of carboxylic acid groups (broad SMARTS) is 1. The van der Waals surface area contributed by atoms with Gasteiger partial charge in [0.25, 0.3) is 5.91 Å². The van der Waals surface area contributed by atoms with Crippen molar-refractivity contribution in [1.29, 1.82) is 0 Å². The number of amides is 1. The van der Waals surface area contributed by atoms with E-state index in [2.05, 4.69) is 5.32 Å². The van der Waals surface area contributed by atoms with E-state index in [-0.39, 0.29) is 25.3 Å². The van der Waals surface area contributed by atoms with E-state index in [4.69, 9.17) is 19.0 Å². The minimum Gasteiger partial charge on any atom is -0.493 e. The molecule has 0 fully saturated rings. The number of rotatable bonds is 9. The highest BCUT2D eigenvalue weighted by molar-refractivity contribution is 5.91. The maximum Gasteiger partial charge on any atom is 0.305 e. The van der Waals surface area contributed by atoms with Gasteiger partial charge in [-0.25, -0.2) is 0 Å². The summed E-state index contributed by atoms with van der Waals surface area (Å²) in [4.78, 5) is 33.1. The van der Waals surface area contributed by atoms with Crippen molar-refractivity contribution in [2.24, 2.45) is 0 Å². The van der Waals surface area contributed by atoms with Crippen molar-refractivity contribution in [2.75, 3.05) is 13.7 Å². The number of hydrogen-bond acceptors (Lipinski definition) is 6. The van der Waals surface area contributed by atoms with Crippen LogP contribution in [0.4, 0.5) is 0 Å². The molecular weight excluding hydrogens is 330 g/mol. The van der Waals surface area contributed by atoms with Gasteiger partial charge in [-0.1, -0.05) is 0 Å². The van der Waals surface area contributed by atoms with Crippen LogP contribution in [0, 0.1) is 0 Å². The number of methoxy groups -OCH3 is 1. The van der Waals surface area contributed by atoms with E-state index in [0.29, 0.717) is 29.1 Å². The van der Waals surface area contributed by atoms with Crippen molar-refractivity contribution in [1.82, 2.24) is 5.32 Å². The number of ether oxygens (including phenoxy) is 2. The number of carbonyl (C=O) groups is 3. The quantitative estimate of drug-likeness (QED) is 0.665.